The van der Waals surface area contributed by atoms with Gasteiger partial charge in [0.05, 0.1) is 19.6 Å². The van der Waals surface area contributed by atoms with Crippen molar-refractivity contribution in [3.05, 3.63) is 35.9 Å². The van der Waals surface area contributed by atoms with Gasteiger partial charge in [0.15, 0.2) is 0 Å². The summed E-state index contributed by atoms with van der Waals surface area (Å²) in [7, 11) is 1.43. The molecule has 1 heterocycles. The van der Waals surface area contributed by atoms with Crippen LogP contribution in [0.15, 0.2) is 30.3 Å². The third-order valence-electron chi connectivity index (χ3n) is 5.34. The molecular weight excluding hydrogens is 290 g/mol. The van der Waals surface area contributed by atoms with Crippen LogP contribution in [0.25, 0.3) is 0 Å². The van der Waals surface area contributed by atoms with E-state index in [2.05, 4.69) is 30.9 Å². The summed E-state index contributed by atoms with van der Waals surface area (Å²) in [5.41, 5.74) is 1.24. The number of methoxy groups -OCH3 is 1. The fourth-order valence-electron chi connectivity index (χ4n) is 3.84. The van der Waals surface area contributed by atoms with Gasteiger partial charge in [-0.3, -0.25) is 9.69 Å². The zero-order valence-electron chi connectivity index (χ0n) is 14.6. The minimum atomic E-state index is -0.367. The van der Waals surface area contributed by atoms with Gasteiger partial charge in [-0.15, -0.1) is 0 Å². The van der Waals surface area contributed by atoms with Crippen LogP contribution in [0.3, 0.4) is 0 Å². The van der Waals surface area contributed by atoms with E-state index >= 15 is 0 Å². The number of esters is 1. The third kappa shape index (κ3) is 3.93. The van der Waals surface area contributed by atoms with Crippen molar-refractivity contribution < 1.29 is 14.6 Å². The number of aliphatic hydroxyl groups is 1. The molecule has 23 heavy (non-hydrogen) atoms. The highest BCUT2D eigenvalue weighted by Crippen LogP contribution is 2.38. The molecule has 0 radical (unpaired) electrons. The lowest BCUT2D eigenvalue weighted by Gasteiger charge is -2.50. The summed E-state index contributed by atoms with van der Waals surface area (Å²) >= 11 is 0. The lowest BCUT2D eigenvalue weighted by Crippen LogP contribution is -2.56. The molecule has 0 spiro atoms. The van der Waals surface area contributed by atoms with Crippen molar-refractivity contribution >= 4 is 5.97 Å². The van der Waals surface area contributed by atoms with Gasteiger partial charge in [0.25, 0.3) is 0 Å². The first-order chi connectivity index (χ1) is 11.0. The Labute approximate surface area is 139 Å². The Kier molecular flexibility index (Phi) is 6.19. The molecule has 1 saturated heterocycles. The number of rotatable bonds is 5. The molecular formula is C19H29NO3. The van der Waals surface area contributed by atoms with Gasteiger partial charge >= 0.3 is 5.97 Å². The standard InChI is InChI=1S/C19H29NO3/c1-5-16-11-18(21)13(2)17(12-19(22)23-4)20(16)14(3)15-9-7-6-8-10-15/h6-10,13-14,16-18,21H,5,11-12H2,1-4H3/t13?,14-,16?,17-,18?/m0/s1. The molecule has 0 aromatic heterocycles. The van der Waals surface area contributed by atoms with Crippen molar-refractivity contribution in [1.82, 2.24) is 4.90 Å². The number of piperidine rings is 1. The van der Waals surface area contributed by atoms with Crippen LogP contribution in [-0.2, 0) is 9.53 Å². The van der Waals surface area contributed by atoms with Crippen molar-refractivity contribution in [2.45, 2.75) is 64.3 Å². The Morgan fingerprint density at radius 2 is 2.04 bits per heavy atom. The number of aliphatic hydroxyl groups excluding tert-OH is 1. The van der Waals surface area contributed by atoms with E-state index in [4.69, 9.17) is 4.74 Å². The Hall–Kier alpha value is -1.39. The zero-order chi connectivity index (χ0) is 17.0. The molecule has 1 aromatic carbocycles. The second-order valence-corrected chi connectivity index (χ2v) is 6.61. The number of carbonyl (C=O) groups is 1. The number of nitrogens with zero attached hydrogens (tertiary/aromatic N) is 1. The van der Waals surface area contributed by atoms with Gasteiger partial charge in [0, 0.05) is 18.1 Å². The van der Waals surface area contributed by atoms with Crippen molar-refractivity contribution in [2.24, 2.45) is 5.92 Å². The summed E-state index contributed by atoms with van der Waals surface area (Å²) < 4.78 is 4.89. The van der Waals surface area contributed by atoms with Gasteiger partial charge in [0.1, 0.15) is 0 Å². The van der Waals surface area contributed by atoms with Crippen molar-refractivity contribution in [1.29, 1.82) is 0 Å². The van der Waals surface area contributed by atoms with Gasteiger partial charge in [-0.25, -0.2) is 0 Å². The summed E-state index contributed by atoms with van der Waals surface area (Å²) in [5, 5.41) is 10.4. The van der Waals surface area contributed by atoms with Gasteiger partial charge < -0.3 is 9.84 Å². The monoisotopic (exact) mass is 319 g/mol. The molecule has 2 rings (SSSR count). The summed E-state index contributed by atoms with van der Waals surface area (Å²) in [6.07, 6.45) is 1.67. The van der Waals surface area contributed by atoms with Crippen LogP contribution in [0.1, 0.15) is 51.6 Å². The van der Waals surface area contributed by atoms with Crippen LogP contribution in [0.2, 0.25) is 0 Å². The molecule has 1 aliphatic heterocycles. The molecule has 0 amide bonds. The number of carbonyl (C=O) groups excluding carboxylic acids is 1. The van der Waals surface area contributed by atoms with Crippen LogP contribution in [0, 0.1) is 5.92 Å². The topological polar surface area (TPSA) is 49.8 Å². The fourth-order valence-corrected chi connectivity index (χ4v) is 3.84. The van der Waals surface area contributed by atoms with Crippen LogP contribution >= 0.6 is 0 Å². The number of hydrogen-bond acceptors (Lipinski definition) is 4. The third-order valence-corrected chi connectivity index (χ3v) is 5.34. The maximum absolute atomic E-state index is 11.9. The number of ether oxygens (including phenoxy) is 1. The Morgan fingerprint density at radius 3 is 2.61 bits per heavy atom. The normalized spacial score (nSPS) is 30.0. The van der Waals surface area contributed by atoms with Crippen molar-refractivity contribution in [2.75, 3.05) is 7.11 Å². The fraction of sp³-hybridized carbons (Fsp3) is 0.632. The SMILES string of the molecule is CCC1CC(O)C(C)[C@H](CC(=O)OC)N1[C@@H](C)c1ccccc1. The molecule has 0 bridgehead atoms. The Morgan fingerprint density at radius 1 is 1.39 bits per heavy atom. The first-order valence-electron chi connectivity index (χ1n) is 8.56. The smallest absolute Gasteiger partial charge is 0.307 e. The molecule has 0 aliphatic carbocycles. The lowest BCUT2D eigenvalue weighted by atomic mass is 9.80. The summed E-state index contributed by atoms with van der Waals surface area (Å²) in [6.45, 7) is 6.37. The zero-order valence-corrected chi connectivity index (χ0v) is 14.6. The minimum Gasteiger partial charge on any atom is -0.469 e. The molecule has 0 saturated carbocycles. The predicted molar refractivity (Wildman–Crippen MR) is 91.0 cm³/mol. The van der Waals surface area contributed by atoms with E-state index in [9.17, 15) is 9.90 Å². The average molecular weight is 319 g/mol. The molecule has 1 aliphatic rings. The molecule has 128 valence electrons. The maximum atomic E-state index is 11.9. The molecule has 4 nitrogen and oxygen atoms in total. The van der Waals surface area contributed by atoms with Crippen molar-refractivity contribution in [3.63, 3.8) is 0 Å². The minimum absolute atomic E-state index is 0.00800. The predicted octanol–water partition coefficient (Wildman–Crippen LogP) is 3.16. The molecule has 1 N–H and O–H groups in total. The number of likely N-dealkylation sites (tertiary alicyclic amines) is 1. The summed E-state index contributed by atoms with van der Waals surface area (Å²) in [5.74, 6) is -0.167. The second kappa shape index (κ2) is 7.93. The highest BCUT2D eigenvalue weighted by Gasteiger charge is 2.42. The highest BCUT2D eigenvalue weighted by molar-refractivity contribution is 5.70. The Balaban J connectivity index is 2.33. The number of hydrogen-bond donors (Lipinski definition) is 1. The number of benzene rings is 1. The maximum Gasteiger partial charge on any atom is 0.307 e. The molecule has 3 unspecified atom stereocenters. The van der Waals surface area contributed by atoms with Gasteiger partial charge in [0.2, 0.25) is 0 Å². The van der Waals surface area contributed by atoms with E-state index in [0.29, 0.717) is 6.42 Å². The Bertz CT molecular complexity index is 505. The summed E-state index contributed by atoms with van der Waals surface area (Å²) in [6, 6.07) is 10.8. The van der Waals surface area contributed by atoms with Crippen LogP contribution in [0.4, 0.5) is 0 Å². The molecule has 1 aromatic rings. The van der Waals surface area contributed by atoms with E-state index in [1.807, 2.05) is 25.1 Å². The molecule has 5 atom stereocenters. The van der Waals surface area contributed by atoms with Crippen LogP contribution in [-0.4, -0.2) is 41.3 Å². The second-order valence-electron chi connectivity index (χ2n) is 6.61. The quantitative estimate of drug-likeness (QED) is 0.847. The van der Waals surface area contributed by atoms with Crippen LogP contribution < -0.4 is 0 Å². The highest BCUT2D eigenvalue weighted by atomic mass is 16.5. The van der Waals surface area contributed by atoms with E-state index < -0.39 is 0 Å². The van der Waals surface area contributed by atoms with Gasteiger partial charge in [-0.2, -0.15) is 0 Å². The molecule has 4 heteroatoms. The van der Waals surface area contributed by atoms with E-state index in [-0.39, 0.29) is 36.1 Å². The van der Waals surface area contributed by atoms with E-state index in [1.54, 1.807) is 0 Å². The van der Waals surface area contributed by atoms with Gasteiger partial charge in [-0.1, -0.05) is 44.2 Å². The van der Waals surface area contributed by atoms with Crippen molar-refractivity contribution in [3.8, 4) is 0 Å². The molecule has 1 fully saturated rings. The lowest BCUT2D eigenvalue weighted by molar-refractivity contribution is -0.146. The van der Waals surface area contributed by atoms with E-state index in [0.717, 1.165) is 12.8 Å². The van der Waals surface area contributed by atoms with Crippen LogP contribution in [0.5, 0.6) is 0 Å². The first kappa shape index (κ1) is 18.0. The summed E-state index contributed by atoms with van der Waals surface area (Å²) in [4.78, 5) is 14.3. The largest absolute Gasteiger partial charge is 0.469 e. The van der Waals surface area contributed by atoms with Gasteiger partial charge in [-0.05, 0) is 31.2 Å². The average Bonchev–Trinajstić information content (AvgIpc) is 2.58. The first-order valence-corrected chi connectivity index (χ1v) is 8.56. The van der Waals surface area contributed by atoms with E-state index in [1.165, 1.54) is 12.7 Å².